The maximum atomic E-state index is 12.6. The van der Waals surface area contributed by atoms with E-state index in [4.69, 9.17) is 4.74 Å². The maximum absolute atomic E-state index is 12.6. The Morgan fingerprint density at radius 1 is 1.24 bits per heavy atom. The standard InChI is InChI=1S/C18H17N3O4/c1-10-15(18(24)25-3)11(2)20-16(10)14(22)8-21-9-19-13-7-5-4-6-12(13)17(21)23/h4-7,9,20H,8H2,1-3H3. The normalized spacial score (nSPS) is 10.8. The van der Waals surface area contributed by atoms with Gasteiger partial charge in [-0.1, -0.05) is 12.1 Å². The van der Waals surface area contributed by atoms with E-state index in [0.717, 1.165) is 0 Å². The molecule has 0 fully saturated rings. The number of methoxy groups -OCH3 is 1. The Bertz CT molecular complexity index is 1050. The lowest BCUT2D eigenvalue weighted by Crippen LogP contribution is -2.25. The predicted molar refractivity (Wildman–Crippen MR) is 91.9 cm³/mol. The fourth-order valence-corrected chi connectivity index (χ4v) is 2.89. The van der Waals surface area contributed by atoms with Crippen molar-refractivity contribution in [1.82, 2.24) is 14.5 Å². The fraction of sp³-hybridized carbons (Fsp3) is 0.222. The van der Waals surface area contributed by atoms with E-state index in [0.29, 0.717) is 27.7 Å². The predicted octanol–water partition coefficient (Wildman–Crippen LogP) is 2.01. The van der Waals surface area contributed by atoms with Crippen LogP contribution in [0.2, 0.25) is 0 Å². The molecule has 0 saturated heterocycles. The Morgan fingerprint density at radius 3 is 2.68 bits per heavy atom. The summed E-state index contributed by atoms with van der Waals surface area (Å²) < 4.78 is 6.00. The molecule has 7 nitrogen and oxygen atoms in total. The molecule has 0 bridgehead atoms. The number of Topliss-reactive ketones (excluding diaryl/α,β-unsaturated/α-hetero) is 1. The van der Waals surface area contributed by atoms with Crippen molar-refractivity contribution in [2.24, 2.45) is 0 Å². The second kappa shape index (κ2) is 6.35. The molecule has 0 aliphatic carbocycles. The molecule has 0 spiro atoms. The number of esters is 1. The van der Waals surface area contributed by atoms with Gasteiger partial charge in [-0.3, -0.25) is 14.2 Å². The van der Waals surface area contributed by atoms with Gasteiger partial charge < -0.3 is 9.72 Å². The summed E-state index contributed by atoms with van der Waals surface area (Å²) in [4.78, 5) is 44.1. The zero-order valence-corrected chi connectivity index (χ0v) is 14.1. The minimum atomic E-state index is -0.505. The van der Waals surface area contributed by atoms with Crippen molar-refractivity contribution in [3.8, 4) is 0 Å². The number of carbonyl (C=O) groups is 2. The second-order valence-electron chi connectivity index (χ2n) is 5.73. The molecule has 1 N–H and O–H groups in total. The molecule has 7 heteroatoms. The van der Waals surface area contributed by atoms with Crippen LogP contribution in [0.3, 0.4) is 0 Å². The van der Waals surface area contributed by atoms with E-state index in [1.54, 1.807) is 38.1 Å². The van der Waals surface area contributed by atoms with Crippen molar-refractivity contribution in [2.75, 3.05) is 7.11 Å². The quantitative estimate of drug-likeness (QED) is 0.580. The van der Waals surface area contributed by atoms with E-state index in [9.17, 15) is 14.4 Å². The summed E-state index contributed by atoms with van der Waals surface area (Å²) >= 11 is 0. The van der Waals surface area contributed by atoms with Crippen LogP contribution in [0.1, 0.15) is 32.1 Å². The molecule has 0 unspecified atom stereocenters. The minimum Gasteiger partial charge on any atom is -0.465 e. The largest absolute Gasteiger partial charge is 0.465 e. The monoisotopic (exact) mass is 339 g/mol. The number of fused-ring (bicyclic) bond motifs is 1. The first-order valence-electron chi connectivity index (χ1n) is 7.69. The molecule has 0 saturated carbocycles. The molecule has 0 atom stereocenters. The highest BCUT2D eigenvalue weighted by Crippen LogP contribution is 2.19. The van der Waals surface area contributed by atoms with Crippen molar-refractivity contribution >= 4 is 22.7 Å². The molecule has 25 heavy (non-hydrogen) atoms. The Balaban J connectivity index is 1.97. The Kier molecular flexibility index (Phi) is 4.22. The van der Waals surface area contributed by atoms with Crippen molar-refractivity contribution < 1.29 is 14.3 Å². The van der Waals surface area contributed by atoms with Crippen molar-refractivity contribution in [3.05, 3.63) is 63.5 Å². The highest BCUT2D eigenvalue weighted by atomic mass is 16.5. The van der Waals surface area contributed by atoms with Gasteiger partial charge in [0.1, 0.15) is 0 Å². The first-order valence-corrected chi connectivity index (χ1v) is 7.69. The lowest BCUT2D eigenvalue weighted by Gasteiger charge is -2.06. The third-order valence-corrected chi connectivity index (χ3v) is 4.15. The average Bonchev–Trinajstić information content (AvgIpc) is 2.91. The number of hydrogen-bond acceptors (Lipinski definition) is 5. The van der Waals surface area contributed by atoms with Crippen molar-refractivity contribution in [2.45, 2.75) is 20.4 Å². The number of rotatable bonds is 4. The number of para-hydroxylation sites is 1. The number of carbonyl (C=O) groups excluding carboxylic acids is 2. The van der Waals surface area contributed by atoms with E-state index in [1.165, 1.54) is 18.0 Å². The maximum Gasteiger partial charge on any atom is 0.339 e. The van der Waals surface area contributed by atoms with E-state index >= 15 is 0 Å². The second-order valence-corrected chi connectivity index (χ2v) is 5.73. The third-order valence-electron chi connectivity index (χ3n) is 4.15. The summed E-state index contributed by atoms with van der Waals surface area (Å²) in [5, 5.41) is 0.451. The van der Waals surface area contributed by atoms with Crippen LogP contribution >= 0.6 is 0 Å². The summed E-state index contributed by atoms with van der Waals surface area (Å²) in [5.74, 6) is -0.815. The van der Waals surface area contributed by atoms with Gasteiger partial charge in [-0.15, -0.1) is 0 Å². The summed E-state index contributed by atoms with van der Waals surface area (Å²) in [7, 11) is 1.29. The molecule has 0 aliphatic rings. The summed E-state index contributed by atoms with van der Waals surface area (Å²) in [5.41, 5.74) is 1.99. The number of nitrogens with zero attached hydrogens (tertiary/aromatic N) is 2. The first kappa shape index (κ1) is 16.6. The van der Waals surface area contributed by atoms with Crippen LogP contribution in [0.25, 0.3) is 10.9 Å². The highest BCUT2D eigenvalue weighted by molar-refractivity contribution is 6.01. The molecule has 2 aromatic heterocycles. The van der Waals surface area contributed by atoms with Gasteiger partial charge in [-0.2, -0.15) is 0 Å². The number of H-pyrrole nitrogens is 1. The van der Waals surface area contributed by atoms with Crippen LogP contribution in [0.4, 0.5) is 0 Å². The first-order chi connectivity index (χ1) is 11.9. The molecule has 1 aromatic carbocycles. The van der Waals surface area contributed by atoms with Crippen LogP contribution in [0.15, 0.2) is 35.4 Å². The topological polar surface area (TPSA) is 94.1 Å². The number of benzene rings is 1. The van der Waals surface area contributed by atoms with Gasteiger partial charge in [-0.25, -0.2) is 9.78 Å². The number of aromatic nitrogens is 3. The van der Waals surface area contributed by atoms with Crippen LogP contribution in [-0.2, 0) is 11.3 Å². The molecule has 128 valence electrons. The molecular formula is C18H17N3O4. The summed E-state index contributed by atoms with van der Waals surface area (Å²) in [6.45, 7) is 3.20. The summed E-state index contributed by atoms with van der Waals surface area (Å²) in [6, 6.07) is 6.96. The Morgan fingerprint density at radius 2 is 1.96 bits per heavy atom. The van der Waals surface area contributed by atoms with Gasteiger partial charge in [0.15, 0.2) is 5.78 Å². The molecule has 2 heterocycles. The molecule has 3 aromatic rings. The molecule has 0 amide bonds. The highest BCUT2D eigenvalue weighted by Gasteiger charge is 2.22. The van der Waals surface area contributed by atoms with Gasteiger partial charge in [-0.05, 0) is 31.5 Å². The van der Waals surface area contributed by atoms with Crippen LogP contribution < -0.4 is 5.56 Å². The molecule has 0 aliphatic heterocycles. The van der Waals surface area contributed by atoms with Crippen LogP contribution in [0, 0.1) is 13.8 Å². The van der Waals surface area contributed by atoms with Gasteiger partial charge in [0, 0.05) is 5.69 Å². The lowest BCUT2D eigenvalue weighted by atomic mass is 10.1. The van der Waals surface area contributed by atoms with Gasteiger partial charge >= 0.3 is 5.97 Å². The van der Waals surface area contributed by atoms with Crippen LogP contribution in [0.5, 0.6) is 0 Å². The Hall–Kier alpha value is -3.22. The minimum absolute atomic E-state index is 0.169. The van der Waals surface area contributed by atoms with Gasteiger partial charge in [0.05, 0.1) is 42.1 Å². The van der Waals surface area contributed by atoms with E-state index in [1.807, 2.05) is 0 Å². The zero-order valence-electron chi connectivity index (χ0n) is 14.1. The number of ketones is 1. The number of hydrogen-bond donors (Lipinski definition) is 1. The third kappa shape index (κ3) is 2.84. The Labute approximate surface area is 143 Å². The zero-order chi connectivity index (χ0) is 18.1. The summed E-state index contributed by atoms with van der Waals surface area (Å²) in [6.07, 6.45) is 1.36. The fourth-order valence-electron chi connectivity index (χ4n) is 2.89. The average molecular weight is 339 g/mol. The van der Waals surface area contributed by atoms with Crippen LogP contribution in [-0.4, -0.2) is 33.4 Å². The number of nitrogens with one attached hydrogen (secondary N) is 1. The van der Waals surface area contributed by atoms with Crippen molar-refractivity contribution in [3.63, 3.8) is 0 Å². The number of ether oxygens (including phenoxy) is 1. The van der Waals surface area contributed by atoms with Crippen molar-refractivity contribution in [1.29, 1.82) is 0 Å². The lowest BCUT2D eigenvalue weighted by molar-refractivity contribution is 0.0599. The molecular weight excluding hydrogens is 322 g/mol. The van der Waals surface area contributed by atoms with E-state index in [-0.39, 0.29) is 23.6 Å². The smallest absolute Gasteiger partial charge is 0.339 e. The number of aryl methyl sites for hydroxylation is 1. The van der Waals surface area contributed by atoms with Gasteiger partial charge in [0.25, 0.3) is 5.56 Å². The molecule has 3 rings (SSSR count). The molecule has 0 radical (unpaired) electrons. The number of aromatic amines is 1. The SMILES string of the molecule is COC(=O)c1c(C)[nH]c(C(=O)Cn2cnc3ccccc3c2=O)c1C. The van der Waals surface area contributed by atoms with E-state index in [2.05, 4.69) is 9.97 Å². The van der Waals surface area contributed by atoms with Gasteiger partial charge in [0.2, 0.25) is 0 Å². The van der Waals surface area contributed by atoms with E-state index < -0.39 is 5.97 Å².